The number of aliphatic hydroxyl groups excluding tert-OH is 1. The van der Waals surface area contributed by atoms with Crippen molar-refractivity contribution in [2.24, 2.45) is 0 Å². The first-order valence-corrected chi connectivity index (χ1v) is 4.44. The molecule has 0 saturated heterocycles. The second-order valence-corrected chi connectivity index (χ2v) is 2.97. The Bertz CT molecular complexity index is 496. The lowest BCUT2D eigenvalue weighted by Crippen LogP contribution is -2.05. The molecule has 0 aliphatic rings. The monoisotopic (exact) mass is 203 g/mol. The van der Waals surface area contributed by atoms with Crippen LogP contribution < -0.4 is 0 Å². The Morgan fingerprint density at radius 1 is 1.40 bits per heavy atom. The molecule has 1 aromatic heterocycles. The summed E-state index contributed by atoms with van der Waals surface area (Å²) in [5.74, 6) is -0.539. The molecule has 15 heavy (non-hydrogen) atoms. The van der Waals surface area contributed by atoms with E-state index >= 15 is 0 Å². The van der Waals surface area contributed by atoms with E-state index in [4.69, 9.17) is 5.11 Å². The Labute approximate surface area is 86.1 Å². The minimum absolute atomic E-state index is 0.407. The number of nitrogens with zero attached hydrogens (tertiary/aromatic N) is 1. The smallest absolute Gasteiger partial charge is 0.340 e. The summed E-state index contributed by atoms with van der Waals surface area (Å²) in [5, 5.41) is 9.32. The fraction of sp³-hybridized carbons (Fsp3) is 0.0909. The van der Waals surface area contributed by atoms with Crippen molar-refractivity contribution >= 4 is 16.9 Å². The maximum atomic E-state index is 11.3. The fourth-order valence-electron chi connectivity index (χ4n) is 1.34. The first kappa shape index (κ1) is 9.61. The Hall–Kier alpha value is -1.94. The molecule has 0 spiro atoms. The van der Waals surface area contributed by atoms with Crippen LogP contribution in [0.25, 0.3) is 10.9 Å². The van der Waals surface area contributed by atoms with E-state index in [1.807, 2.05) is 6.07 Å². The number of carbonyl (C=O) groups is 1. The average Bonchev–Trinajstić information content (AvgIpc) is 2.29. The molecule has 4 heteroatoms. The Morgan fingerprint density at radius 3 is 3.07 bits per heavy atom. The molecule has 0 unspecified atom stereocenters. The van der Waals surface area contributed by atoms with Crippen LogP contribution in [0.4, 0.5) is 0 Å². The van der Waals surface area contributed by atoms with E-state index in [9.17, 15) is 4.79 Å². The number of aromatic nitrogens is 1. The first-order valence-electron chi connectivity index (χ1n) is 4.44. The van der Waals surface area contributed by atoms with Crippen molar-refractivity contribution in [1.29, 1.82) is 0 Å². The van der Waals surface area contributed by atoms with Crippen LogP contribution in [-0.4, -0.2) is 22.9 Å². The number of carbonyl (C=O) groups excluding carboxylic acids is 1. The third-order valence-electron chi connectivity index (χ3n) is 2.03. The largest absolute Gasteiger partial charge is 0.435 e. The molecule has 0 aliphatic carbocycles. The second kappa shape index (κ2) is 4.06. The van der Waals surface area contributed by atoms with E-state index in [0.717, 1.165) is 10.9 Å². The summed E-state index contributed by atoms with van der Waals surface area (Å²) in [5.41, 5.74) is 1.22. The molecule has 0 atom stereocenters. The SMILES string of the molecule is O=C(OCO)c1ccc2ncccc2c1. The molecule has 0 fully saturated rings. The lowest BCUT2D eigenvalue weighted by Gasteiger charge is -2.02. The van der Waals surface area contributed by atoms with Crippen LogP contribution in [0.1, 0.15) is 10.4 Å². The molecular weight excluding hydrogens is 194 g/mol. The quantitative estimate of drug-likeness (QED) is 0.591. The van der Waals surface area contributed by atoms with Gasteiger partial charge in [0.1, 0.15) is 0 Å². The lowest BCUT2D eigenvalue weighted by molar-refractivity contribution is 0.00685. The standard InChI is InChI=1S/C11H9NO3/c13-7-15-11(14)9-3-4-10-8(6-9)2-1-5-12-10/h1-6,13H,7H2. The zero-order valence-electron chi connectivity index (χ0n) is 7.88. The number of esters is 1. The van der Waals surface area contributed by atoms with Crippen molar-refractivity contribution in [3.63, 3.8) is 0 Å². The van der Waals surface area contributed by atoms with Crippen molar-refractivity contribution in [3.05, 3.63) is 42.1 Å². The fourth-order valence-corrected chi connectivity index (χ4v) is 1.34. The van der Waals surface area contributed by atoms with Gasteiger partial charge in [-0.1, -0.05) is 6.07 Å². The zero-order chi connectivity index (χ0) is 10.7. The van der Waals surface area contributed by atoms with Crippen molar-refractivity contribution in [1.82, 2.24) is 4.98 Å². The van der Waals surface area contributed by atoms with Crippen molar-refractivity contribution in [2.75, 3.05) is 6.79 Å². The first-order chi connectivity index (χ1) is 7.31. The number of ether oxygens (including phenoxy) is 1. The van der Waals surface area contributed by atoms with Gasteiger partial charge in [-0.3, -0.25) is 4.98 Å². The highest BCUT2D eigenvalue weighted by molar-refractivity contribution is 5.94. The van der Waals surface area contributed by atoms with Gasteiger partial charge < -0.3 is 9.84 Å². The molecule has 1 N–H and O–H groups in total. The van der Waals surface area contributed by atoms with Gasteiger partial charge in [0.15, 0.2) is 6.79 Å². The number of rotatable bonds is 2. The molecular formula is C11H9NO3. The number of fused-ring (bicyclic) bond motifs is 1. The Kier molecular flexibility index (Phi) is 2.60. The van der Waals surface area contributed by atoms with Gasteiger partial charge >= 0.3 is 5.97 Å². The lowest BCUT2D eigenvalue weighted by atomic mass is 10.1. The highest BCUT2D eigenvalue weighted by atomic mass is 16.6. The maximum absolute atomic E-state index is 11.3. The topological polar surface area (TPSA) is 59.4 Å². The summed E-state index contributed by atoms with van der Waals surface area (Å²) in [4.78, 5) is 15.4. The molecule has 0 saturated carbocycles. The minimum Gasteiger partial charge on any atom is -0.435 e. The van der Waals surface area contributed by atoms with Crippen molar-refractivity contribution in [2.45, 2.75) is 0 Å². The molecule has 0 amide bonds. The molecule has 1 heterocycles. The van der Waals surface area contributed by atoms with E-state index in [1.165, 1.54) is 0 Å². The molecule has 4 nitrogen and oxygen atoms in total. The van der Waals surface area contributed by atoms with Crippen molar-refractivity contribution in [3.8, 4) is 0 Å². The highest BCUT2D eigenvalue weighted by Gasteiger charge is 2.06. The van der Waals surface area contributed by atoms with Crippen LogP contribution >= 0.6 is 0 Å². The third kappa shape index (κ3) is 1.94. The van der Waals surface area contributed by atoms with Crippen LogP contribution in [-0.2, 0) is 4.74 Å². The number of hydrogen-bond acceptors (Lipinski definition) is 4. The maximum Gasteiger partial charge on any atom is 0.340 e. The third-order valence-corrected chi connectivity index (χ3v) is 2.03. The minimum atomic E-state index is -0.607. The summed E-state index contributed by atoms with van der Waals surface area (Å²) in [6, 6.07) is 8.69. The van der Waals surface area contributed by atoms with Gasteiger partial charge in [-0.2, -0.15) is 0 Å². The van der Waals surface area contributed by atoms with Gasteiger partial charge in [-0.05, 0) is 24.3 Å². The summed E-state index contributed by atoms with van der Waals surface area (Å²) < 4.78 is 4.47. The Morgan fingerprint density at radius 2 is 2.27 bits per heavy atom. The predicted molar refractivity (Wildman–Crippen MR) is 54.2 cm³/mol. The van der Waals surface area contributed by atoms with Crippen LogP contribution in [0, 0.1) is 0 Å². The molecule has 0 aliphatic heterocycles. The van der Waals surface area contributed by atoms with Gasteiger partial charge in [0.25, 0.3) is 0 Å². The molecule has 1 aromatic carbocycles. The van der Waals surface area contributed by atoms with E-state index in [2.05, 4.69) is 9.72 Å². The molecule has 2 rings (SSSR count). The van der Waals surface area contributed by atoms with E-state index in [0.29, 0.717) is 5.56 Å². The van der Waals surface area contributed by atoms with Crippen LogP contribution in [0.2, 0.25) is 0 Å². The van der Waals surface area contributed by atoms with Crippen LogP contribution in [0.3, 0.4) is 0 Å². The number of hydrogen-bond donors (Lipinski definition) is 1. The predicted octanol–water partition coefficient (Wildman–Crippen LogP) is 1.34. The zero-order valence-corrected chi connectivity index (χ0v) is 7.88. The van der Waals surface area contributed by atoms with E-state index in [-0.39, 0.29) is 0 Å². The summed E-state index contributed by atoms with van der Waals surface area (Å²) >= 11 is 0. The molecule has 0 bridgehead atoms. The van der Waals surface area contributed by atoms with Gasteiger partial charge in [-0.25, -0.2) is 4.79 Å². The van der Waals surface area contributed by atoms with Crippen LogP contribution in [0.5, 0.6) is 0 Å². The normalized spacial score (nSPS) is 10.2. The second-order valence-electron chi connectivity index (χ2n) is 2.97. The van der Waals surface area contributed by atoms with E-state index in [1.54, 1.807) is 30.5 Å². The van der Waals surface area contributed by atoms with Crippen molar-refractivity contribution < 1.29 is 14.6 Å². The number of aliphatic hydroxyl groups is 1. The number of benzene rings is 1. The molecule has 76 valence electrons. The van der Waals surface area contributed by atoms with Gasteiger partial charge in [0.05, 0.1) is 11.1 Å². The number of pyridine rings is 1. The summed E-state index contributed by atoms with van der Waals surface area (Å²) in [7, 11) is 0. The van der Waals surface area contributed by atoms with Gasteiger partial charge in [-0.15, -0.1) is 0 Å². The highest BCUT2D eigenvalue weighted by Crippen LogP contribution is 2.13. The van der Waals surface area contributed by atoms with Gasteiger partial charge in [0, 0.05) is 11.6 Å². The average molecular weight is 203 g/mol. The Balaban J connectivity index is 2.42. The van der Waals surface area contributed by atoms with E-state index < -0.39 is 12.8 Å². The van der Waals surface area contributed by atoms with Gasteiger partial charge in [0.2, 0.25) is 0 Å². The molecule has 0 radical (unpaired) electrons. The summed E-state index contributed by atoms with van der Waals surface area (Å²) in [6.45, 7) is -0.607. The molecule has 2 aromatic rings. The van der Waals surface area contributed by atoms with Crippen LogP contribution in [0.15, 0.2) is 36.5 Å². The summed E-state index contributed by atoms with van der Waals surface area (Å²) in [6.07, 6.45) is 1.69.